The second-order valence-corrected chi connectivity index (χ2v) is 5.43. The number of para-hydroxylation sites is 1. The van der Waals surface area contributed by atoms with Crippen molar-refractivity contribution in [3.05, 3.63) is 34.5 Å². The van der Waals surface area contributed by atoms with Crippen molar-refractivity contribution in [3.63, 3.8) is 0 Å². The molecule has 2 N–H and O–H groups in total. The zero-order chi connectivity index (χ0) is 14.7. The maximum Gasteiger partial charge on any atom is 0.303 e. The van der Waals surface area contributed by atoms with Crippen LogP contribution in [-0.2, 0) is 4.79 Å². The van der Waals surface area contributed by atoms with E-state index >= 15 is 0 Å². The van der Waals surface area contributed by atoms with Gasteiger partial charge in [-0.1, -0.05) is 12.1 Å². The molecule has 20 heavy (non-hydrogen) atoms. The standard InChI is InChI=1S/C14H14BrNO4/c1-8(5-6-12(17)18)16-14(19)11-7-9-3-2-4-10(15)13(9)20-11/h2-4,7-8H,5-6H2,1H3,(H,16,19)(H,17,18). The Balaban J connectivity index is 2.07. The summed E-state index contributed by atoms with van der Waals surface area (Å²) in [5.41, 5.74) is 0.621. The SMILES string of the molecule is CC(CCC(=O)O)NC(=O)c1cc2cccc(Br)c2o1. The van der Waals surface area contributed by atoms with Crippen molar-refractivity contribution in [3.8, 4) is 0 Å². The lowest BCUT2D eigenvalue weighted by Crippen LogP contribution is -2.32. The minimum absolute atomic E-state index is 0.0210. The molecule has 2 rings (SSSR count). The smallest absolute Gasteiger partial charge is 0.303 e. The molecule has 1 heterocycles. The van der Waals surface area contributed by atoms with Gasteiger partial charge in [0.1, 0.15) is 5.58 Å². The zero-order valence-electron chi connectivity index (χ0n) is 10.9. The van der Waals surface area contributed by atoms with E-state index in [4.69, 9.17) is 9.52 Å². The summed E-state index contributed by atoms with van der Waals surface area (Å²) in [6.07, 6.45) is 0.401. The van der Waals surface area contributed by atoms with Crippen molar-refractivity contribution < 1.29 is 19.1 Å². The maximum absolute atomic E-state index is 12.0. The molecule has 1 aromatic carbocycles. The van der Waals surface area contributed by atoms with Crippen molar-refractivity contribution in [2.45, 2.75) is 25.8 Å². The second kappa shape index (κ2) is 6.09. The highest BCUT2D eigenvalue weighted by atomic mass is 79.9. The number of aliphatic carboxylic acids is 1. The van der Waals surface area contributed by atoms with Gasteiger partial charge in [-0.3, -0.25) is 9.59 Å². The number of hydrogen-bond acceptors (Lipinski definition) is 3. The fourth-order valence-electron chi connectivity index (χ4n) is 1.85. The average molecular weight is 340 g/mol. The Hall–Kier alpha value is -1.82. The summed E-state index contributed by atoms with van der Waals surface area (Å²) in [7, 11) is 0. The van der Waals surface area contributed by atoms with E-state index in [-0.39, 0.29) is 24.1 Å². The highest BCUT2D eigenvalue weighted by molar-refractivity contribution is 9.10. The summed E-state index contributed by atoms with van der Waals surface area (Å²) in [6, 6.07) is 6.99. The number of hydrogen-bond donors (Lipinski definition) is 2. The van der Waals surface area contributed by atoms with Crippen LogP contribution in [-0.4, -0.2) is 23.0 Å². The van der Waals surface area contributed by atoms with Gasteiger partial charge in [-0.2, -0.15) is 0 Å². The van der Waals surface area contributed by atoms with Gasteiger partial charge in [0.15, 0.2) is 5.76 Å². The number of furan rings is 1. The minimum atomic E-state index is -0.876. The molecule has 0 aliphatic heterocycles. The van der Waals surface area contributed by atoms with Crippen LogP contribution >= 0.6 is 15.9 Å². The molecule has 1 unspecified atom stereocenters. The van der Waals surface area contributed by atoms with E-state index in [1.165, 1.54) is 0 Å². The topological polar surface area (TPSA) is 79.5 Å². The van der Waals surface area contributed by atoms with Crippen molar-refractivity contribution in [2.75, 3.05) is 0 Å². The average Bonchev–Trinajstić information content (AvgIpc) is 2.82. The van der Waals surface area contributed by atoms with Crippen molar-refractivity contribution >= 4 is 38.8 Å². The highest BCUT2D eigenvalue weighted by Gasteiger charge is 2.16. The third kappa shape index (κ3) is 3.39. The van der Waals surface area contributed by atoms with E-state index in [2.05, 4.69) is 21.2 Å². The molecule has 0 saturated heterocycles. The third-order valence-electron chi connectivity index (χ3n) is 2.89. The molecule has 0 radical (unpaired) electrons. The van der Waals surface area contributed by atoms with Crippen LogP contribution in [0.1, 0.15) is 30.3 Å². The Morgan fingerprint density at radius 2 is 2.20 bits per heavy atom. The Morgan fingerprint density at radius 1 is 1.45 bits per heavy atom. The monoisotopic (exact) mass is 339 g/mol. The molecular formula is C14H14BrNO4. The predicted molar refractivity (Wildman–Crippen MR) is 77.7 cm³/mol. The normalized spacial score (nSPS) is 12.3. The number of rotatable bonds is 5. The largest absolute Gasteiger partial charge is 0.481 e. The Labute approximate surface area is 124 Å². The van der Waals surface area contributed by atoms with Crippen molar-refractivity contribution in [1.82, 2.24) is 5.32 Å². The van der Waals surface area contributed by atoms with E-state index in [1.54, 1.807) is 13.0 Å². The van der Waals surface area contributed by atoms with Gasteiger partial charge in [0.25, 0.3) is 5.91 Å². The molecule has 0 bridgehead atoms. The van der Waals surface area contributed by atoms with E-state index < -0.39 is 5.97 Å². The molecule has 6 heteroatoms. The van der Waals surface area contributed by atoms with Crippen LogP contribution in [0.5, 0.6) is 0 Å². The number of carboxylic acids is 1. The quantitative estimate of drug-likeness (QED) is 0.876. The van der Waals surface area contributed by atoms with Gasteiger partial charge in [0.2, 0.25) is 0 Å². The number of carboxylic acid groups (broad SMARTS) is 1. The van der Waals surface area contributed by atoms with Gasteiger partial charge in [0.05, 0.1) is 4.47 Å². The molecular weight excluding hydrogens is 326 g/mol. The number of amides is 1. The van der Waals surface area contributed by atoms with Crippen LogP contribution in [0.3, 0.4) is 0 Å². The number of benzene rings is 1. The van der Waals surface area contributed by atoms with Gasteiger partial charge >= 0.3 is 5.97 Å². The van der Waals surface area contributed by atoms with Gasteiger partial charge in [0, 0.05) is 17.8 Å². The van der Waals surface area contributed by atoms with Gasteiger partial charge in [-0.15, -0.1) is 0 Å². The number of halogens is 1. The molecule has 1 aromatic heterocycles. The van der Waals surface area contributed by atoms with Crippen LogP contribution in [0, 0.1) is 0 Å². The predicted octanol–water partition coefficient (Wildman–Crippen LogP) is 3.18. The van der Waals surface area contributed by atoms with Gasteiger partial charge in [-0.05, 0) is 41.4 Å². The Kier molecular flexibility index (Phi) is 4.44. The van der Waals surface area contributed by atoms with Crippen molar-refractivity contribution in [2.24, 2.45) is 0 Å². The van der Waals surface area contributed by atoms with Gasteiger partial charge < -0.3 is 14.8 Å². The molecule has 0 fully saturated rings. The lowest BCUT2D eigenvalue weighted by Gasteiger charge is -2.11. The lowest BCUT2D eigenvalue weighted by atomic mass is 10.2. The summed E-state index contributed by atoms with van der Waals surface area (Å²) in [6.45, 7) is 1.76. The van der Waals surface area contributed by atoms with Crippen molar-refractivity contribution in [1.29, 1.82) is 0 Å². The van der Waals surface area contributed by atoms with E-state index in [1.807, 2.05) is 18.2 Å². The van der Waals surface area contributed by atoms with Crippen LogP contribution in [0.2, 0.25) is 0 Å². The second-order valence-electron chi connectivity index (χ2n) is 4.58. The van der Waals surface area contributed by atoms with Gasteiger partial charge in [-0.25, -0.2) is 0 Å². The zero-order valence-corrected chi connectivity index (χ0v) is 12.4. The first-order valence-corrected chi connectivity index (χ1v) is 6.97. The molecule has 106 valence electrons. The molecule has 0 saturated carbocycles. The van der Waals surface area contributed by atoms with Crippen LogP contribution in [0.4, 0.5) is 0 Å². The fraction of sp³-hybridized carbons (Fsp3) is 0.286. The van der Waals surface area contributed by atoms with E-state index in [9.17, 15) is 9.59 Å². The fourth-order valence-corrected chi connectivity index (χ4v) is 2.31. The van der Waals surface area contributed by atoms with Crippen LogP contribution < -0.4 is 5.32 Å². The number of fused-ring (bicyclic) bond motifs is 1. The Bertz CT molecular complexity index is 650. The molecule has 0 aliphatic carbocycles. The summed E-state index contributed by atoms with van der Waals surface area (Å²) in [5, 5.41) is 12.2. The molecule has 0 spiro atoms. The highest BCUT2D eigenvalue weighted by Crippen LogP contribution is 2.26. The minimum Gasteiger partial charge on any atom is -0.481 e. The third-order valence-corrected chi connectivity index (χ3v) is 3.51. The summed E-state index contributed by atoms with van der Waals surface area (Å²) >= 11 is 3.36. The Morgan fingerprint density at radius 3 is 2.85 bits per heavy atom. The van der Waals surface area contributed by atoms with Crippen LogP contribution in [0.15, 0.2) is 33.2 Å². The first-order valence-electron chi connectivity index (χ1n) is 6.18. The number of nitrogens with one attached hydrogen (secondary N) is 1. The first kappa shape index (κ1) is 14.6. The maximum atomic E-state index is 12.0. The first-order chi connectivity index (χ1) is 9.47. The summed E-state index contributed by atoms with van der Waals surface area (Å²) in [5.74, 6) is -1.00. The van der Waals surface area contributed by atoms with E-state index in [0.29, 0.717) is 12.0 Å². The molecule has 1 amide bonds. The number of carbonyl (C=O) groups is 2. The lowest BCUT2D eigenvalue weighted by molar-refractivity contribution is -0.137. The molecule has 0 aliphatic rings. The number of carbonyl (C=O) groups excluding carboxylic acids is 1. The molecule has 5 nitrogen and oxygen atoms in total. The molecule has 2 aromatic rings. The van der Waals surface area contributed by atoms with E-state index in [0.717, 1.165) is 9.86 Å². The summed E-state index contributed by atoms with van der Waals surface area (Å²) in [4.78, 5) is 22.5. The summed E-state index contributed by atoms with van der Waals surface area (Å²) < 4.78 is 6.30. The molecule has 1 atom stereocenters. The van der Waals surface area contributed by atoms with Crippen LogP contribution in [0.25, 0.3) is 11.0 Å².